The Morgan fingerprint density at radius 1 is 0.958 bits per heavy atom. The summed E-state index contributed by atoms with van der Waals surface area (Å²) < 4.78 is 5.50. The predicted octanol–water partition coefficient (Wildman–Crippen LogP) is 5.25. The van der Waals surface area contributed by atoms with Crippen LogP contribution in [0.5, 0.6) is 5.75 Å². The van der Waals surface area contributed by atoms with Crippen LogP contribution in [0.25, 0.3) is 6.08 Å². The zero-order valence-corrected chi connectivity index (χ0v) is 14.9. The fourth-order valence-electron chi connectivity index (χ4n) is 3.17. The van der Waals surface area contributed by atoms with Crippen molar-refractivity contribution >= 4 is 12.0 Å². The Hall–Kier alpha value is -2.61. The van der Waals surface area contributed by atoms with Crippen LogP contribution in [0.1, 0.15) is 38.9 Å². The second kappa shape index (κ2) is 7.31. The van der Waals surface area contributed by atoms with Gasteiger partial charge in [0, 0.05) is 12.5 Å². The fraction of sp³-hybridized carbons (Fsp3) is 0.227. The van der Waals surface area contributed by atoms with Gasteiger partial charge in [0.1, 0.15) is 5.75 Å². The van der Waals surface area contributed by atoms with Crippen molar-refractivity contribution in [1.82, 2.24) is 0 Å². The zero-order chi connectivity index (χ0) is 17.9. The average Bonchev–Trinajstić information content (AvgIpc) is 2.50. The molecule has 24 heavy (non-hydrogen) atoms. The lowest BCUT2D eigenvalue weighted by Gasteiger charge is -2.16. The first-order valence-electron chi connectivity index (χ1n) is 8.02. The molecule has 0 N–H and O–H groups in total. The lowest BCUT2D eigenvalue weighted by molar-refractivity contribution is -0.129. The van der Waals surface area contributed by atoms with E-state index in [9.17, 15) is 4.79 Å². The topological polar surface area (TPSA) is 26.3 Å². The summed E-state index contributed by atoms with van der Waals surface area (Å²) in [5, 5.41) is 0. The van der Waals surface area contributed by atoms with Crippen LogP contribution in [-0.4, -0.2) is 5.97 Å². The molecule has 0 unspecified atom stereocenters. The molecule has 2 rings (SSSR count). The van der Waals surface area contributed by atoms with E-state index in [2.05, 4.69) is 45.2 Å². The molecule has 2 aromatic rings. The molecule has 0 spiro atoms. The molecule has 0 amide bonds. The molecule has 124 valence electrons. The number of carbonyl (C=O) groups excluding carboxylic acids is 1. The minimum absolute atomic E-state index is 0.437. The number of hydrogen-bond donors (Lipinski definition) is 0. The van der Waals surface area contributed by atoms with Gasteiger partial charge < -0.3 is 4.74 Å². The van der Waals surface area contributed by atoms with Crippen molar-refractivity contribution in [2.45, 2.75) is 34.1 Å². The van der Waals surface area contributed by atoms with Crippen molar-refractivity contribution in [2.75, 3.05) is 0 Å². The maximum absolute atomic E-state index is 11.7. The Kier molecular flexibility index (Phi) is 5.40. The molecule has 2 nitrogen and oxygen atoms in total. The van der Waals surface area contributed by atoms with E-state index in [1.807, 2.05) is 26.0 Å². The van der Waals surface area contributed by atoms with Crippen molar-refractivity contribution in [3.05, 3.63) is 82.4 Å². The highest BCUT2D eigenvalue weighted by Crippen LogP contribution is 2.30. The van der Waals surface area contributed by atoms with Crippen LogP contribution in [0.15, 0.2) is 43.5 Å². The third-order valence-electron chi connectivity index (χ3n) is 4.07. The van der Waals surface area contributed by atoms with Gasteiger partial charge in [-0.2, -0.15) is 0 Å². The smallest absolute Gasteiger partial charge is 0.335 e. The molecule has 0 fully saturated rings. The van der Waals surface area contributed by atoms with Gasteiger partial charge in [0.05, 0.1) is 0 Å². The van der Waals surface area contributed by atoms with E-state index in [0.29, 0.717) is 12.2 Å². The van der Waals surface area contributed by atoms with E-state index in [-0.39, 0.29) is 0 Å². The van der Waals surface area contributed by atoms with Gasteiger partial charge in [-0.05, 0) is 55.5 Å². The van der Waals surface area contributed by atoms with E-state index in [4.69, 9.17) is 4.74 Å². The molecule has 0 saturated heterocycles. The Labute approximate surface area is 144 Å². The fourth-order valence-corrected chi connectivity index (χ4v) is 3.17. The third-order valence-corrected chi connectivity index (χ3v) is 4.07. The number of benzene rings is 2. The molecule has 0 heterocycles. The first-order valence-corrected chi connectivity index (χ1v) is 8.02. The molecule has 2 heteroatoms. The van der Waals surface area contributed by atoms with Crippen molar-refractivity contribution in [2.24, 2.45) is 0 Å². The second-order valence-electron chi connectivity index (χ2n) is 6.23. The van der Waals surface area contributed by atoms with Crippen LogP contribution in [0, 0.1) is 27.7 Å². The summed E-state index contributed by atoms with van der Waals surface area (Å²) >= 11 is 0. The number of esters is 1. The standard InChI is InChI=1S/C22H24O2/c1-7-20-16(5)9-14(3)11-18(20)13-19-12-15(4)10-17(6)22(19)24-21(23)8-2/h7-12H,1-2,13H2,3-6H3. The molecule has 0 radical (unpaired) electrons. The lowest BCUT2D eigenvalue weighted by atomic mass is 9.92. The molecule has 0 aliphatic carbocycles. The minimum Gasteiger partial charge on any atom is -0.423 e. The Morgan fingerprint density at radius 3 is 2.12 bits per heavy atom. The number of carbonyl (C=O) groups is 1. The van der Waals surface area contributed by atoms with Crippen LogP contribution >= 0.6 is 0 Å². The summed E-state index contributed by atoms with van der Waals surface area (Å²) in [6.07, 6.45) is 3.77. The van der Waals surface area contributed by atoms with Crippen molar-refractivity contribution in [1.29, 1.82) is 0 Å². The van der Waals surface area contributed by atoms with Crippen LogP contribution in [-0.2, 0) is 11.2 Å². The normalized spacial score (nSPS) is 10.3. The summed E-state index contributed by atoms with van der Waals surface area (Å²) in [6.45, 7) is 15.6. The van der Waals surface area contributed by atoms with Gasteiger partial charge in [0.2, 0.25) is 0 Å². The SMILES string of the molecule is C=CC(=O)Oc1c(C)cc(C)cc1Cc1cc(C)cc(C)c1C=C. The summed E-state index contributed by atoms with van der Waals surface area (Å²) in [4.78, 5) is 11.7. The van der Waals surface area contributed by atoms with Gasteiger partial charge in [-0.25, -0.2) is 4.79 Å². The highest BCUT2D eigenvalue weighted by molar-refractivity contribution is 5.84. The van der Waals surface area contributed by atoms with Crippen LogP contribution in [0.4, 0.5) is 0 Å². The first-order chi connectivity index (χ1) is 11.3. The average molecular weight is 320 g/mol. The maximum atomic E-state index is 11.7. The van der Waals surface area contributed by atoms with Gasteiger partial charge in [-0.15, -0.1) is 0 Å². The molecule has 0 atom stereocenters. The summed E-state index contributed by atoms with van der Waals surface area (Å²) in [5.74, 6) is 0.187. The highest BCUT2D eigenvalue weighted by atomic mass is 16.5. The van der Waals surface area contributed by atoms with Gasteiger partial charge in [-0.1, -0.05) is 54.6 Å². The summed E-state index contributed by atoms with van der Waals surface area (Å²) in [5.41, 5.74) is 7.83. The predicted molar refractivity (Wildman–Crippen MR) is 101 cm³/mol. The number of ether oxygens (including phenoxy) is 1. The maximum Gasteiger partial charge on any atom is 0.335 e. The number of hydrogen-bond acceptors (Lipinski definition) is 2. The van der Waals surface area contributed by atoms with E-state index in [1.54, 1.807) is 0 Å². The monoisotopic (exact) mass is 320 g/mol. The van der Waals surface area contributed by atoms with Gasteiger partial charge in [-0.3, -0.25) is 0 Å². The minimum atomic E-state index is -0.437. The molecular weight excluding hydrogens is 296 g/mol. The largest absolute Gasteiger partial charge is 0.423 e. The molecule has 0 aliphatic rings. The summed E-state index contributed by atoms with van der Waals surface area (Å²) in [6, 6.07) is 8.41. The van der Waals surface area contributed by atoms with E-state index in [0.717, 1.165) is 22.3 Å². The van der Waals surface area contributed by atoms with Crippen LogP contribution in [0.3, 0.4) is 0 Å². The third kappa shape index (κ3) is 3.83. The summed E-state index contributed by atoms with van der Waals surface area (Å²) in [7, 11) is 0. The molecular formula is C22H24O2. The van der Waals surface area contributed by atoms with E-state index < -0.39 is 5.97 Å². The Bertz CT molecular complexity index is 813. The molecule has 0 aliphatic heterocycles. The highest BCUT2D eigenvalue weighted by Gasteiger charge is 2.14. The van der Waals surface area contributed by atoms with Crippen LogP contribution in [0.2, 0.25) is 0 Å². The Morgan fingerprint density at radius 2 is 1.54 bits per heavy atom. The zero-order valence-electron chi connectivity index (χ0n) is 14.9. The Balaban J connectivity index is 2.55. The van der Waals surface area contributed by atoms with Crippen molar-refractivity contribution in [3.8, 4) is 5.75 Å². The first kappa shape index (κ1) is 17.7. The van der Waals surface area contributed by atoms with E-state index in [1.165, 1.54) is 22.8 Å². The molecule has 0 saturated carbocycles. The van der Waals surface area contributed by atoms with Crippen molar-refractivity contribution < 1.29 is 9.53 Å². The van der Waals surface area contributed by atoms with Crippen molar-refractivity contribution in [3.63, 3.8) is 0 Å². The van der Waals surface area contributed by atoms with Gasteiger partial charge >= 0.3 is 5.97 Å². The molecule has 2 aromatic carbocycles. The molecule has 0 bridgehead atoms. The second-order valence-corrected chi connectivity index (χ2v) is 6.23. The number of rotatable bonds is 5. The quantitative estimate of drug-likeness (QED) is 0.427. The van der Waals surface area contributed by atoms with Gasteiger partial charge in [0.25, 0.3) is 0 Å². The van der Waals surface area contributed by atoms with Crippen LogP contribution < -0.4 is 4.74 Å². The van der Waals surface area contributed by atoms with E-state index >= 15 is 0 Å². The number of aryl methyl sites for hydroxylation is 4. The lowest BCUT2D eigenvalue weighted by Crippen LogP contribution is -2.08. The van der Waals surface area contributed by atoms with Gasteiger partial charge in [0.15, 0.2) is 0 Å². The molecule has 0 aromatic heterocycles.